The largest absolute Gasteiger partial charge is 0.349 e. The zero-order valence-corrected chi connectivity index (χ0v) is 15.2. The molecule has 1 aromatic carbocycles. The molecule has 2 unspecified atom stereocenters. The molecule has 2 N–H and O–H groups in total. The molecule has 26 heavy (non-hydrogen) atoms. The van der Waals surface area contributed by atoms with Crippen molar-refractivity contribution < 1.29 is 9.18 Å². The molecule has 2 aromatic rings. The lowest BCUT2D eigenvalue weighted by Gasteiger charge is -2.29. The van der Waals surface area contributed by atoms with Crippen LogP contribution in [0.4, 0.5) is 4.39 Å². The molecule has 2 atom stereocenters. The molecule has 1 aromatic heterocycles. The summed E-state index contributed by atoms with van der Waals surface area (Å²) in [6.07, 6.45) is 6.02. The molecule has 2 fully saturated rings. The maximum Gasteiger partial charge on any atom is 0.255 e. The number of aromatic nitrogens is 2. The van der Waals surface area contributed by atoms with Gasteiger partial charge in [0.15, 0.2) is 0 Å². The Labute approximate surface area is 153 Å². The van der Waals surface area contributed by atoms with Crippen LogP contribution in [-0.4, -0.2) is 33.8 Å². The van der Waals surface area contributed by atoms with Gasteiger partial charge in [0.25, 0.3) is 5.91 Å². The summed E-state index contributed by atoms with van der Waals surface area (Å²) in [4.78, 5) is 12.9. The Morgan fingerprint density at radius 3 is 2.50 bits per heavy atom. The van der Waals surface area contributed by atoms with Gasteiger partial charge in [-0.15, -0.1) is 0 Å². The summed E-state index contributed by atoms with van der Waals surface area (Å²) in [6.45, 7) is 4.08. The van der Waals surface area contributed by atoms with E-state index in [1.807, 2.05) is 13.8 Å². The topological polar surface area (TPSA) is 59.0 Å². The van der Waals surface area contributed by atoms with Crippen molar-refractivity contribution in [2.45, 2.75) is 63.6 Å². The van der Waals surface area contributed by atoms with Crippen molar-refractivity contribution in [3.8, 4) is 5.69 Å². The van der Waals surface area contributed by atoms with Crippen LogP contribution in [0, 0.1) is 5.82 Å². The minimum Gasteiger partial charge on any atom is -0.349 e. The standard InChI is InChI=1S/C20H25FN4O/c1-12(2)19-18(11-22-25(19)17-7-3-13(21)4-8-17)20(26)24-16-9-14-5-6-15(10-16)23-14/h3-4,7-8,11-12,14-16,23H,5-6,9-10H2,1-2H3,(H,24,26). The molecule has 2 saturated heterocycles. The number of hydrogen-bond donors (Lipinski definition) is 2. The van der Waals surface area contributed by atoms with E-state index in [0.717, 1.165) is 24.2 Å². The first kappa shape index (κ1) is 17.2. The van der Waals surface area contributed by atoms with Gasteiger partial charge in [-0.05, 0) is 55.9 Å². The van der Waals surface area contributed by atoms with E-state index in [-0.39, 0.29) is 23.7 Å². The predicted molar refractivity (Wildman–Crippen MR) is 98.0 cm³/mol. The summed E-state index contributed by atoms with van der Waals surface area (Å²) >= 11 is 0. The molecule has 2 aliphatic rings. The molecule has 0 spiro atoms. The molecule has 0 radical (unpaired) electrons. The van der Waals surface area contributed by atoms with Crippen molar-refractivity contribution in [3.63, 3.8) is 0 Å². The Morgan fingerprint density at radius 2 is 1.88 bits per heavy atom. The Balaban J connectivity index is 1.57. The van der Waals surface area contributed by atoms with Crippen molar-refractivity contribution >= 4 is 5.91 Å². The molecule has 3 heterocycles. The third-order valence-electron chi connectivity index (χ3n) is 5.48. The fourth-order valence-corrected chi connectivity index (χ4v) is 4.31. The monoisotopic (exact) mass is 356 g/mol. The van der Waals surface area contributed by atoms with E-state index in [2.05, 4.69) is 15.7 Å². The highest BCUT2D eigenvalue weighted by atomic mass is 19.1. The van der Waals surface area contributed by atoms with E-state index in [4.69, 9.17) is 0 Å². The van der Waals surface area contributed by atoms with E-state index in [1.54, 1.807) is 23.0 Å². The van der Waals surface area contributed by atoms with Gasteiger partial charge in [-0.1, -0.05) is 13.8 Å². The van der Waals surface area contributed by atoms with Crippen molar-refractivity contribution in [2.24, 2.45) is 0 Å². The molecule has 0 aliphatic carbocycles. The number of carbonyl (C=O) groups is 1. The number of hydrogen-bond acceptors (Lipinski definition) is 3. The first-order chi connectivity index (χ1) is 12.5. The van der Waals surface area contributed by atoms with Gasteiger partial charge in [-0.3, -0.25) is 4.79 Å². The van der Waals surface area contributed by atoms with Crippen LogP contribution < -0.4 is 10.6 Å². The zero-order valence-electron chi connectivity index (χ0n) is 15.2. The van der Waals surface area contributed by atoms with E-state index >= 15 is 0 Å². The minimum atomic E-state index is -0.287. The summed E-state index contributed by atoms with van der Waals surface area (Å²) in [6, 6.07) is 7.46. The second-order valence-corrected chi connectivity index (χ2v) is 7.77. The third kappa shape index (κ3) is 3.26. The van der Waals surface area contributed by atoms with Gasteiger partial charge >= 0.3 is 0 Å². The Bertz CT molecular complexity index is 787. The SMILES string of the molecule is CC(C)c1c(C(=O)NC2CC3CCC(C2)N3)cnn1-c1ccc(F)cc1. The van der Waals surface area contributed by atoms with Crippen LogP contribution >= 0.6 is 0 Å². The van der Waals surface area contributed by atoms with Crippen molar-refractivity contribution in [1.82, 2.24) is 20.4 Å². The number of benzene rings is 1. The molecule has 138 valence electrons. The number of piperidine rings is 1. The number of nitrogens with zero attached hydrogens (tertiary/aromatic N) is 2. The summed E-state index contributed by atoms with van der Waals surface area (Å²) in [5.41, 5.74) is 2.22. The van der Waals surface area contributed by atoms with E-state index in [9.17, 15) is 9.18 Å². The molecule has 5 nitrogen and oxygen atoms in total. The highest BCUT2D eigenvalue weighted by Gasteiger charge is 2.34. The van der Waals surface area contributed by atoms with Crippen LogP contribution in [0.3, 0.4) is 0 Å². The summed E-state index contributed by atoms with van der Waals surface area (Å²) in [5.74, 6) is -0.230. The predicted octanol–water partition coefficient (Wildman–Crippen LogP) is 3.15. The number of fused-ring (bicyclic) bond motifs is 2. The Hall–Kier alpha value is -2.21. The average Bonchev–Trinajstić information content (AvgIpc) is 3.19. The van der Waals surface area contributed by atoms with Gasteiger partial charge < -0.3 is 10.6 Å². The Kier molecular flexibility index (Phi) is 4.53. The van der Waals surface area contributed by atoms with E-state index in [1.165, 1.54) is 25.0 Å². The molecule has 0 saturated carbocycles. The fourth-order valence-electron chi connectivity index (χ4n) is 4.31. The van der Waals surface area contributed by atoms with Gasteiger partial charge in [0.1, 0.15) is 5.82 Å². The second-order valence-electron chi connectivity index (χ2n) is 7.77. The minimum absolute atomic E-state index is 0.0617. The highest BCUT2D eigenvalue weighted by molar-refractivity contribution is 5.95. The lowest BCUT2D eigenvalue weighted by Crippen LogP contribution is -2.48. The van der Waals surface area contributed by atoms with Crippen molar-refractivity contribution in [1.29, 1.82) is 0 Å². The van der Waals surface area contributed by atoms with Crippen LogP contribution in [0.25, 0.3) is 5.69 Å². The summed E-state index contributed by atoms with van der Waals surface area (Å²) in [7, 11) is 0. The van der Waals surface area contributed by atoms with Gasteiger partial charge in [-0.2, -0.15) is 5.10 Å². The molecule has 2 aliphatic heterocycles. The second kappa shape index (κ2) is 6.83. The summed E-state index contributed by atoms with van der Waals surface area (Å²) in [5, 5.41) is 11.2. The lowest BCUT2D eigenvalue weighted by atomic mass is 9.99. The molecule has 4 rings (SSSR count). The number of rotatable bonds is 4. The number of amides is 1. The molecule has 2 bridgehead atoms. The number of halogens is 1. The molecular weight excluding hydrogens is 331 g/mol. The zero-order chi connectivity index (χ0) is 18.3. The van der Waals surface area contributed by atoms with E-state index < -0.39 is 0 Å². The quantitative estimate of drug-likeness (QED) is 0.885. The number of nitrogens with one attached hydrogen (secondary N) is 2. The third-order valence-corrected chi connectivity index (χ3v) is 5.48. The van der Waals surface area contributed by atoms with E-state index in [0.29, 0.717) is 17.6 Å². The summed E-state index contributed by atoms with van der Waals surface area (Å²) < 4.78 is 15.0. The van der Waals surface area contributed by atoms with Crippen LogP contribution in [0.5, 0.6) is 0 Å². The fraction of sp³-hybridized carbons (Fsp3) is 0.500. The smallest absolute Gasteiger partial charge is 0.255 e. The van der Waals surface area contributed by atoms with Crippen LogP contribution in [-0.2, 0) is 0 Å². The molecular formula is C20H25FN4O. The molecule has 1 amide bonds. The van der Waals surface area contributed by atoms with Crippen molar-refractivity contribution in [2.75, 3.05) is 0 Å². The van der Waals surface area contributed by atoms with Crippen LogP contribution in [0.1, 0.15) is 61.5 Å². The van der Waals surface area contributed by atoms with Crippen molar-refractivity contribution in [3.05, 3.63) is 47.5 Å². The lowest BCUT2D eigenvalue weighted by molar-refractivity contribution is 0.0922. The number of carbonyl (C=O) groups excluding carboxylic acids is 1. The van der Waals surface area contributed by atoms with Crippen LogP contribution in [0.15, 0.2) is 30.5 Å². The van der Waals surface area contributed by atoms with Gasteiger partial charge in [-0.25, -0.2) is 9.07 Å². The highest BCUT2D eigenvalue weighted by Crippen LogP contribution is 2.28. The van der Waals surface area contributed by atoms with Gasteiger partial charge in [0.2, 0.25) is 0 Å². The van der Waals surface area contributed by atoms with Gasteiger partial charge in [0, 0.05) is 18.1 Å². The normalized spacial score (nSPS) is 24.8. The Morgan fingerprint density at radius 1 is 1.23 bits per heavy atom. The van der Waals surface area contributed by atoms with Gasteiger partial charge in [0.05, 0.1) is 23.1 Å². The first-order valence-corrected chi connectivity index (χ1v) is 9.42. The average molecular weight is 356 g/mol. The maximum atomic E-state index is 13.2. The first-order valence-electron chi connectivity index (χ1n) is 9.42. The maximum absolute atomic E-state index is 13.2. The van der Waals surface area contributed by atoms with Crippen LogP contribution in [0.2, 0.25) is 0 Å². The molecule has 6 heteroatoms.